The highest BCUT2D eigenvalue weighted by Gasteiger charge is 2.21. The minimum Gasteiger partial charge on any atom is -0.465 e. The minimum atomic E-state index is -0.500. The van der Waals surface area contributed by atoms with Crippen molar-refractivity contribution in [2.45, 2.75) is 26.8 Å². The molecule has 0 aliphatic carbocycles. The second-order valence-corrected chi connectivity index (χ2v) is 4.19. The third-order valence-electron chi connectivity index (χ3n) is 2.51. The molecule has 0 fully saturated rings. The van der Waals surface area contributed by atoms with E-state index in [2.05, 4.69) is 17.3 Å². The van der Waals surface area contributed by atoms with Crippen molar-refractivity contribution in [1.29, 1.82) is 0 Å². The van der Waals surface area contributed by atoms with Crippen LogP contribution in [0.25, 0.3) is 0 Å². The van der Waals surface area contributed by atoms with E-state index in [4.69, 9.17) is 11.2 Å². The number of carbonyl (C=O) groups excluding carboxylic acids is 1. The summed E-state index contributed by atoms with van der Waals surface area (Å²) in [6.07, 6.45) is 5.22. The summed E-state index contributed by atoms with van der Waals surface area (Å²) in [6.45, 7) is 6.48. The lowest BCUT2D eigenvalue weighted by molar-refractivity contribution is -0.145. The smallest absolute Gasteiger partial charge is 0.327 e. The zero-order chi connectivity index (χ0) is 13.5. The van der Waals surface area contributed by atoms with Gasteiger partial charge in [-0.25, -0.2) is 4.79 Å². The molecule has 1 aromatic rings. The summed E-state index contributed by atoms with van der Waals surface area (Å²) < 4.78 is 5.07. The van der Waals surface area contributed by atoms with Crippen molar-refractivity contribution in [1.82, 2.24) is 5.32 Å². The average Bonchev–Trinajstić information content (AvgIpc) is 2.28. The van der Waals surface area contributed by atoms with Gasteiger partial charge in [0, 0.05) is 0 Å². The third-order valence-corrected chi connectivity index (χ3v) is 2.51. The molecule has 96 valence electrons. The molecule has 1 aromatic carbocycles. The molecule has 1 unspecified atom stereocenters. The maximum absolute atomic E-state index is 11.9. The van der Waals surface area contributed by atoms with Gasteiger partial charge in [-0.1, -0.05) is 35.2 Å². The van der Waals surface area contributed by atoms with Gasteiger partial charge in [-0.2, -0.15) is 0 Å². The van der Waals surface area contributed by atoms with E-state index in [1.807, 2.05) is 26.0 Å². The molecule has 18 heavy (non-hydrogen) atoms. The van der Waals surface area contributed by atoms with E-state index in [-0.39, 0.29) is 5.97 Å². The molecule has 0 saturated carbocycles. The van der Waals surface area contributed by atoms with Crippen LogP contribution in [0.15, 0.2) is 18.2 Å². The zero-order valence-corrected chi connectivity index (χ0v) is 11.1. The van der Waals surface area contributed by atoms with Gasteiger partial charge >= 0.3 is 5.97 Å². The summed E-state index contributed by atoms with van der Waals surface area (Å²) in [4.78, 5) is 11.9. The number of aryl methyl sites for hydroxylation is 2. The van der Waals surface area contributed by atoms with Crippen molar-refractivity contribution in [3.8, 4) is 12.3 Å². The van der Waals surface area contributed by atoms with Gasteiger partial charge in [-0.3, -0.25) is 5.32 Å². The summed E-state index contributed by atoms with van der Waals surface area (Å²) in [7, 11) is 0. The summed E-state index contributed by atoms with van der Waals surface area (Å²) in [6, 6.07) is 5.50. The Balaban J connectivity index is 3.01. The number of terminal acetylenes is 1. The molecule has 1 rings (SSSR count). The third kappa shape index (κ3) is 3.90. The zero-order valence-electron chi connectivity index (χ0n) is 11.1. The fourth-order valence-electron chi connectivity index (χ4n) is 1.90. The van der Waals surface area contributed by atoms with E-state index in [0.29, 0.717) is 13.2 Å². The van der Waals surface area contributed by atoms with Crippen molar-refractivity contribution in [2.24, 2.45) is 0 Å². The predicted octanol–water partition coefficient (Wildman–Crippen LogP) is 2.13. The standard InChI is InChI=1S/C15H19NO2/c1-5-7-16-14(15(17)18-6-2)13-9-11(3)8-12(4)10-13/h1,8-10,14,16H,6-7H2,2-4H3. The SMILES string of the molecule is C#CCNC(C(=O)OCC)c1cc(C)cc(C)c1. The molecule has 0 bridgehead atoms. The number of hydrogen-bond acceptors (Lipinski definition) is 3. The van der Waals surface area contributed by atoms with Crippen LogP contribution in [-0.4, -0.2) is 19.1 Å². The molecular formula is C15H19NO2. The van der Waals surface area contributed by atoms with Crippen LogP contribution in [0, 0.1) is 26.2 Å². The first-order chi connectivity index (χ1) is 8.58. The van der Waals surface area contributed by atoms with Crippen LogP contribution in [0.2, 0.25) is 0 Å². The van der Waals surface area contributed by atoms with Crippen LogP contribution in [0.3, 0.4) is 0 Å². The molecule has 1 atom stereocenters. The highest BCUT2D eigenvalue weighted by atomic mass is 16.5. The second-order valence-electron chi connectivity index (χ2n) is 4.19. The Bertz CT molecular complexity index is 440. The fraction of sp³-hybridized carbons (Fsp3) is 0.400. The number of carbonyl (C=O) groups is 1. The van der Waals surface area contributed by atoms with Gasteiger partial charge < -0.3 is 4.74 Å². The first-order valence-corrected chi connectivity index (χ1v) is 6.00. The van der Waals surface area contributed by atoms with Crippen molar-refractivity contribution in [3.63, 3.8) is 0 Å². The number of rotatable bonds is 5. The number of nitrogens with one attached hydrogen (secondary N) is 1. The Morgan fingerprint density at radius 3 is 2.50 bits per heavy atom. The fourth-order valence-corrected chi connectivity index (χ4v) is 1.90. The van der Waals surface area contributed by atoms with Crippen molar-refractivity contribution >= 4 is 5.97 Å². The van der Waals surface area contributed by atoms with Crippen LogP contribution in [-0.2, 0) is 9.53 Å². The molecule has 0 saturated heterocycles. The Hall–Kier alpha value is -1.79. The van der Waals surface area contributed by atoms with Gasteiger partial charge in [0.25, 0.3) is 0 Å². The Morgan fingerprint density at radius 1 is 1.39 bits per heavy atom. The van der Waals surface area contributed by atoms with Crippen molar-refractivity contribution in [3.05, 3.63) is 34.9 Å². The molecule has 0 aliphatic heterocycles. The average molecular weight is 245 g/mol. The van der Waals surface area contributed by atoms with Gasteiger partial charge in [0.1, 0.15) is 6.04 Å². The van der Waals surface area contributed by atoms with E-state index < -0.39 is 6.04 Å². The van der Waals surface area contributed by atoms with Gasteiger partial charge in [0.2, 0.25) is 0 Å². The van der Waals surface area contributed by atoms with Crippen molar-refractivity contribution in [2.75, 3.05) is 13.2 Å². The lowest BCUT2D eigenvalue weighted by Crippen LogP contribution is -2.30. The van der Waals surface area contributed by atoms with Crippen LogP contribution in [0.1, 0.15) is 29.7 Å². The first kappa shape index (κ1) is 14.3. The van der Waals surface area contributed by atoms with Crippen LogP contribution >= 0.6 is 0 Å². The molecule has 3 heteroatoms. The first-order valence-electron chi connectivity index (χ1n) is 6.00. The Morgan fingerprint density at radius 2 is 2.00 bits per heavy atom. The minimum absolute atomic E-state index is 0.294. The van der Waals surface area contributed by atoms with Gasteiger partial charge in [0.05, 0.1) is 13.2 Å². The predicted molar refractivity (Wildman–Crippen MR) is 72.1 cm³/mol. The van der Waals surface area contributed by atoms with E-state index in [0.717, 1.165) is 16.7 Å². The number of benzene rings is 1. The molecule has 0 amide bonds. The quantitative estimate of drug-likeness (QED) is 0.638. The van der Waals surface area contributed by atoms with Crippen LogP contribution < -0.4 is 5.32 Å². The topological polar surface area (TPSA) is 38.3 Å². The van der Waals surface area contributed by atoms with E-state index >= 15 is 0 Å². The number of hydrogen-bond donors (Lipinski definition) is 1. The van der Waals surface area contributed by atoms with Gasteiger partial charge in [-0.05, 0) is 26.3 Å². The molecule has 0 aliphatic rings. The number of ether oxygens (including phenoxy) is 1. The lowest BCUT2D eigenvalue weighted by Gasteiger charge is -2.17. The summed E-state index contributed by atoms with van der Waals surface area (Å²) in [5.41, 5.74) is 3.12. The van der Waals surface area contributed by atoms with Crippen molar-refractivity contribution < 1.29 is 9.53 Å². The normalized spacial score (nSPS) is 11.7. The molecule has 0 radical (unpaired) electrons. The summed E-state index contributed by atoms with van der Waals surface area (Å²) >= 11 is 0. The molecule has 1 N–H and O–H groups in total. The highest BCUT2D eigenvalue weighted by Crippen LogP contribution is 2.18. The molecular weight excluding hydrogens is 226 g/mol. The Kier molecular flexibility index (Phi) is 5.41. The number of esters is 1. The highest BCUT2D eigenvalue weighted by molar-refractivity contribution is 5.77. The monoisotopic (exact) mass is 245 g/mol. The molecule has 0 heterocycles. The van der Waals surface area contributed by atoms with Crippen LogP contribution in [0.4, 0.5) is 0 Å². The maximum atomic E-state index is 11.9. The maximum Gasteiger partial charge on any atom is 0.327 e. The van der Waals surface area contributed by atoms with E-state index in [9.17, 15) is 4.79 Å². The lowest BCUT2D eigenvalue weighted by atomic mass is 10.0. The molecule has 3 nitrogen and oxygen atoms in total. The van der Waals surface area contributed by atoms with E-state index in [1.165, 1.54) is 0 Å². The molecule has 0 aromatic heterocycles. The summed E-state index contributed by atoms with van der Waals surface area (Å²) in [5.74, 6) is 2.18. The van der Waals surface area contributed by atoms with Gasteiger partial charge in [0.15, 0.2) is 0 Å². The second kappa shape index (κ2) is 6.83. The largest absolute Gasteiger partial charge is 0.465 e. The summed E-state index contributed by atoms with van der Waals surface area (Å²) in [5, 5.41) is 3.01. The Labute approximate surface area is 109 Å². The molecule has 0 spiro atoms. The van der Waals surface area contributed by atoms with Crippen LogP contribution in [0.5, 0.6) is 0 Å². The van der Waals surface area contributed by atoms with E-state index in [1.54, 1.807) is 6.92 Å². The van der Waals surface area contributed by atoms with Gasteiger partial charge in [-0.15, -0.1) is 6.42 Å².